The first kappa shape index (κ1) is 8.94. The minimum atomic E-state index is 0.0594. The van der Waals surface area contributed by atoms with Crippen molar-refractivity contribution >= 4 is 0 Å². The Balaban J connectivity index is 2.80. The maximum absolute atomic E-state index is 5.88. The molecule has 0 bridgehead atoms. The molecule has 64 valence electrons. The highest BCUT2D eigenvalue weighted by Crippen LogP contribution is 2.13. The summed E-state index contributed by atoms with van der Waals surface area (Å²) >= 11 is 0. The third-order valence-corrected chi connectivity index (χ3v) is 1.77. The first-order valence-corrected chi connectivity index (χ1v) is 4.03. The molecule has 0 saturated heterocycles. The average molecular weight is 162 g/mol. The second kappa shape index (κ2) is 4.02. The molecule has 1 heterocycles. The van der Waals surface area contributed by atoms with Crippen LogP contribution in [0, 0.1) is 6.92 Å². The van der Waals surface area contributed by atoms with Gasteiger partial charge in [0.05, 0.1) is 0 Å². The van der Waals surface area contributed by atoms with Gasteiger partial charge in [0.2, 0.25) is 0 Å². The fraction of sp³-hybridized carbons (Fsp3) is 0.300. The quantitative estimate of drug-likeness (QED) is 0.690. The minimum absolute atomic E-state index is 0.0594. The summed E-state index contributed by atoms with van der Waals surface area (Å²) < 4.78 is 0. The summed E-state index contributed by atoms with van der Waals surface area (Å²) in [5.41, 5.74) is 8.01. The molecule has 12 heavy (non-hydrogen) atoms. The molecule has 0 aromatic carbocycles. The van der Waals surface area contributed by atoms with E-state index in [0.29, 0.717) is 0 Å². The van der Waals surface area contributed by atoms with Crippen LogP contribution in [-0.4, -0.2) is 4.98 Å². The highest BCUT2D eigenvalue weighted by atomic mass is 14.7. The maximum Gasteiger partial charge on any atom is 0.0375 e. The van der Waals surface area contributed by atoms with Gasteiger partial charge in [-0.25, -0.2) is 0 Å². The Labute approximate surface area is 73.1 Å². The molecule has 2 N–H and O–H groups in total. The number of rotatable bonds is 3. The Morgan fingerprint density at radius 2 is 2.50 bits per heavy atom. The van der Waals surface area contributed by atoms with Crippen LogP contribution in [0.2, 0.25) is 0 Å². The van der Waals surface area contributed by atoms with E-state index in [2.05, 4.69) is 11.6 Å². The van der Waals surface area contributed by atoms with Crippen molar-refractivity contribution in [3.8, 4) is 0 Å². The van der Waals surface area contributed by atoms with Crippen LogP contribution >= 0.6 is 0 Å². The molecule has 0 amide bonds. The third-order valence-electron chi connectivity index (χ3n) is 1.77. The van der Waals surface area contributed by atoms with Crippen LogP contribution in [0.25, 0.3) is 0 Å². The monoisotopic (exact) mass is 162 g/mol. The molecular formula is C10H14N2. The van der Waals surface area contributed by atoms with E-state index in [-0.39, 0.29) is 6.04 Å². The fourth-order valence-corrected chi connectivity index (χ4v) is 1.11. The molecule has 1 aromatic rings. The topological polar surface area (TPSA) is 38.9 Å². The van der Waals surface area contributed by atoms with Gasteiger partial charge in [-0.3, -0.25) is 4.98 Å². The van der Waals surface area contributed by atoms with Gasteiger partial charge in [-0.15, -0.1) is 6.58 Å². The SMILES string of the molecule is C=CC[C@@H](N)c1ccnc(C)c1. The summed E-state index contributed by atoms with van der Waals surface area (Å²) in [6.07, 6.45) is 4.43. The summed E-state index contributed by atoms with van der Waals surface area (Å²) in [6, 6.07) is 4.01. The van der Waals surface area contributed by atoms with Crippen LogP contribution in [0.1, 0.15) is 23.7 Å². The highest BCUT2D eigenvalue weighted by Gasteiger charge is 2.02. The molecule has 2 nitrogen and oxygen atoms in total. The third kappa shape index (κ3) is 2.17. The number of aromatic nitrogens is 1. The van der Waals surface area contributed by atoms with E-state index in [0.717, 1.165) is 17.7 Å². The van der Waals surface area contributed by atoms with Crippen molar-refractivity contribution in [1.82, 2.24) is 4.98 Å². The normalized spacial score (nSPS) is 12.5. The molecule has 0 saturated carbocycles. The Hall–Kier alpha value is -1.15. The minimum Gasteiger partial charge on any atom is -0.324 e. The molecule has 0 unspecified atom stereocenters. The van der Waals surface area contributed by atoms with Crippen molar-refractivity contribution in [3.05, 3.63) is 42.2 Å². The molecular weight excluding hydrogens is 148 g/mol. The summed E-state index contributed by atoms with van der Waals surface area (Å²) in [7, 11) is 0. The van der Waals surface area contributed by atoms with E-state index in [9.17, 15) is 0 Å². The molecule has 0 radical (unpaired) electrons. The largest absolute Gasteiger partial charge is 0.324 e. The van der Waals surface area contributed by atoms with Crippen molar-refractivity contribution in [1.29, 1.82) is 0 Å². The zero-order chi connectivity index (χ0) is 8.97. The van der Waals surface area contributed by atoms with Crippen molar-refractivity contribution in [2.45, 2.75) is 19.4 Å². The summed E-state index contributed by atoms with van der Waals surface area (Å²) in [5.74, 6) is 0. The number of nitrogens with two attached hydrogens (primary N) is 1. The number of hydrogen-bond donors (Lipinski definition) is 1. The predicted molar refractivity (Wildman–Crippen MR) is 50.7 cm³/mol. The molecule has 0 aliphatic heterocycles. The number of nitrogens with zero attached hydrogens (tertiary/aromatic N) is 1. The number of pyridine rings is 1. The Morgan fingerprint density at radius 1 is 1.75 bits per heavy atom. The molecule has 1 aromatic heterocycles. The maximum atomic E-state index is 5.88. The van der Waals surface area contributed by atoms with E-state index in [1.807, 2.05) is 25.1 Å². The van der Waals surface area contributed by atoms with Crippen molar-refractivity contribution in [2.75, 3.05) is 0 Å². The van der Waals surface area contributed by atoms with Gasteiger partial charge in [0.1, 0.15) is 0 Å². The van der Waals surface area contributed by atoms with Crippen LogP contribution in [0.15, 0.2) is 31.0 Å². The van der Waals surface area contributed by atoms with Crippen molar-refractivity contribution in [2.24, 2.45) is 5.73 Å². The van der Waals surface area contributed by atoms with Gasteiger partial charge in [-0.2, -0.15) is 0 Å². The molecule has 0 aliphatic rings. The second-order valence-corrected chi connectivity index (χ2v) is 2.86. The van der Waals surface area contributed by atoms with Gasteiger partial charge in [-0.05, 0) is 31.0 Å². The van der Waals surface area contributed by atoms with Crippen LogP contribution in [-0.2, 0) is 0 Å². The molecule has 1 rings (SSSR count). The lowest BCUT2D eigenvalue weighted by molar-refractivity contribution is 0.738. The second-order valence-electron chi connectivity index (χ2n) is 2.86. The Bertz CT molecular complexity index is 268. The van der Waals surface area contributed by atoms with Crippen molar-refractivity contribution < 1.29 is 0 Å². The molecule has 0 spiro atoms. The molecule has 0 fully saturated rings. The van der Waals surface area contributed by atoms with Gasteiger partial charge in [0.25, 0.3) is 0 Å². The van der Waals surface area contributed by atoms with Gasteiger partial charge in [0, 0.05) is 17.9 Å². The number of hydrogen-bond acceptors (Lipinski definition) is 2. The van der Waals surface area contributed by atoms with E-state index < -0.39 is 0 Å². The van der Waals surface area contributed by atoms with E-state index >= 15 is 0 Å². The molecule has 1 atom stereocenters. The van der Waals surface area contributed by atoms with Gasteiger partial charge in [0.15, 0.2) is 0 Å². The fourth-order valence-electron chi connectivity index (χ4n) is 1.11. The first-order valence-electron chi connectivity index (χ1n) is 4.03. The van der Waals surface area contributed by atoms with E-state index in [1.54, 1.807) is 6.20 Å². The lowest BCUT2D eigenvalue weighted by Gasteiger charge is -2.08. The van der Waals surface area contributed by atoms with Crippen LogP contribution in [0.3, 0.4) is 0 Å². The van der Waals surface area contributed by atoms with Crippen LogP contribution in [0.5, 0.6) is 0 Å². The standard InChI is InChI=1S/C10H14N2/c1-3-4-10(11)9-5-6-12-8(2)7-9/h3,5-7,10H,1,4,11H2,2H3/t10-/m1/s1. The summed E-state index contributed by atoms with van der Waals surface area (Å²) in [4.78, 5) is 4.10. The van der Waals surface area contributed by atoms with Crippen LogP contribution < -0.4 is 5.73 Å². The van der Waals surface area contributed by atoms with Crippen LogP contribution in [0.4, 0.5) is 0 Å². The zero-order valence-corrected chi connectivity index (χ0v) is 7.33. The van der Waals surface area contributed by atoms with Gasteiger partial charge < -0.3 is 5.73 Å². The first-order chi connectivity index (χ1) is 5.74. The average Bonchev–Trinajstić information content (AvgIpc) is 2.05. The summed E-state index contributed by atoms with van der Waals surface area (Å²) in [5, 5.41) is 0. The summed E-state index contributed by atoms with van der Waals surface area (Å²) in [6.45, 7) is 5.62. The lowest BCUT2D eigenvalue weighted by Crippen LogP contribution is -2.09. The molecule has 0 aliphatic carbocycles. The Morgan fingerprint density at radius 3 is 3.08 bits per heavy atom. The van der Waals surface area contributed by atoms with E-state index in [1.165, 1.54) is 0 Å². The van der Waals surface area contributed by atoms with Gasteiger partial charge in [-0.1, -0.05) is 6.08 Å². The smallest absolute Gasteiger partial charge is 0.0375 e. The predicted octanol–water partition coefficient (Wildman–Crippen LogP) is 1.97. The van der Waals surface area contributed by atoms with E-state index in [4.69, 9.17) is 5.73 Å². The van der Waals surface area contributed by atoms with Crippen molar-refractivity contribution in [3.63, 3.8) is 0 Å². The van der Waals surface area contributed by atoms with Gasteiger partial charge >= 0.3 is 0 Å². The Kier molecular flexibility index (Phi) is 3.00. The number of aryl methyl sites for hydroxylation is 1. The highest BCUT2D eigenvalue weighted by molar-refractivity contribution is 5.19. The molecule has 2 heteroatoms. The zero-order valence-electron chi connectivity index (χ0n) is 7.33. The lowest BCUT2D eigenvalue weighted by atomic mass is 10.1.